The average molecular weight is 248 g/mol. The largest absolute Gasteiger partial charge is 0.366 e. The van der Waals surface area contributed by atoms with Crippen molar-refractivity contribution in [1.29, 1.82) is 0 Å². The fourth-order valence-electron chi connectivity index (χ4n) is 1.32. The number of pyridine rings is 1. The molecule has 2 aromatic rings. The van der Waals surface area contributed by atoms with Crippen LogP contribution in [0.3, 0.4) is 0 Å². The van der Waals surface area contributed by atoms with E-state index in [4.69, 9.17) is 17.3 Å². The predicted molar refractivity (Wildman–Crippen MR) is 67.5 cm³/mol. The molecule has 0 saturated carbocycles. The molecule has 0 fully saturated rings. The minimum atomic E-state index is -0.443. The van der Waals surface area contributed by atoms with Gasteiger partial charge in [-0.15, -0.1) is 0 Å². The normalized spacial score (nSPS) is 9.94. The smallest absolute Gasteiger partial charge is 0.248 e. The van der Waals surface area contributed by atoms with E-state index < -0.39 is 5.91 Å². The lowest BCUT2D eigenvalue weighted by Crippen LogP contribution is -2.10. The zero-order valence-electron chi connectivity index (χ0n) is 8.85. The molecule has 0 aliphatic heterocycles. The maximum atomic E-state index is 10.9. The Bertz CT molecular complexity index is 522. The van der Waals surface area contributed by atoms with Gasteiger partial charge in [-0.25, -0.2) is 4.98 Å². The second-order valence-electron chi connectivity index (χ2n) is 3.43. The monoisotopic (exact) mass is 247 g/mol. The second kappa shape index (κ2) is 4.84. The van der Waals surface area contributed by atoms with Crippen LogP contribution in [-0.2, 0) is 0 Å². The number of hydrogen-bond acceptors (Lipinski definition) is 3. The van der Waals surface area contributed by atoms with Crippen LogP contribution in [0, 0.1) is 0 Å². The van der Waals surface area contributed by atoms with E-state index in [1.165, 1.54) is 0 Å². The number of amides is 1. The number of anilines is 2. The molecule has 1 aromatic heterocycles. The molecule has 0 radical (unpaired) electrons. The third kappa shape index (κ3) is 2.95. The number of halogens is 1. The van der Waals surface area contributed by atoms with Crippen LogP contribution in [0.15, 0.2) is 42.6 Å². The van der Waals surface area contributed by atoms with Crippen molar-refractivity contribution in [2.24, 2.45) is 5.73 Å². The molecular weight excluding hydrogens is 238 g/mol. The van der Waals surface area contributed by atoms with Crippen LogP contribution in [0.2, 0.25) is 5.02 Å². The highest BCUT2D eigenvalue weighted by atomic mass is 35.5. The minimum absolute atomic E-state index is 0.443. The number of hydrogen-bond donors (Lipinski definition) is 2. The molecule has 2 rings (SSSR count). The molecule has 5 heteroatoms. The topological polar surface area (TPSA) is 68.0 Å². The van der Waals surface area contributed by atoms with Gasteiger partial charge in [0, 0.05) is 17.4 Å². The predicted octanol–water partition coefficient (Wildman–Crippen LogP) is 2.58. The van der Waals surface area contributed by atoms with Gasteiger partial charge in [0.25, 0.3) is 0 Å². The summed E-state index contributed by atoms with van der Waals surface area (Å²) < 4.78 is 0. The Morgan fingerprint density at radius 1 is 1.18 bits per heavy atom. The quantitative estimate of drug-likeness (QED) is 0.876. The van der Waals surface area contributed by atoms with Crippen LogP contribution in [0.25, 0.3) is 0 Å². The molecule has 1 heterocycles. The number of carbonyl (C=O) groups is 1. The zero-order chi connectivity index (χ0) is 12.3. The Hall–Kier alpha value is -2.07. The highest BCUT2D eigenvalue weighted by Gasteiger charge is 2.00. The number of nitrogens with two attached hydrogens (primary N) is 1. The van der Waals surface area contributed by atoms with E-state index in [1.807, 2.05) is 0 Å². The van der Waals surface area contributed by atoms with Crippen molar-refractivity contribution in [2.45, 2.75) is 0 Å². The Labute approximate surface area is 103 Å². The first kappa shape index (κ1) is 11.4. The molecule has 1 amide bonds. The number of aromatic nitrogens is 1. The summed E-state index contributed by atoms with van der Waals surface area (Å²) in [5, 5.41) is 3.66. The number of carbonyl (C=O) groups excluding carboxylic acids is 1. The highest BCUT2D eigenvalue weighted by Crippen LogP contribution is 2.16. The van der Waals surface area contributed by atoms with Crippen molar-refractivity contribution in [3.05, 3.63) is 53.2 Å². The lowest BCUT2D eigenvalue weighted by Gasteiger charge is -2.05. The van der Waals surface area contributed by atoms with Crippen LogP contribution < -0.4 is 11.1 Å². The molecule has 0 bridgehead atoms. The van der Waals surface area contributed by atoms with Gasteiger partial charge < -0.3 is 11.1 Å². The van der Waals surface area contributed by atoms with Crippen LogP contribution in [0.5, 0.6) is 0 Å². The minimum Gasteiger partial charge on any atom is -0.366 e. The van der Waals surface area contributed by atoms with Gasteiger partial charge in [0.05, 0.1) is 5.02 Å². The Morgan fingerprint density at radius 2 is 1.88 bits per heavy atom. The standard InChI is InChI=1S/C12H10ClN3O/c13-9-3-6-11(15-7-9)16-10-4-1-8(2-5-10)12(14)17/h1-7H,(H2,14,17)(H,15,16). The highest BCUT2D eigenvalue weighted by molar-refractivity contribution is 6.30. The first-order valence-corrected chi connectivity index (χ1v) is 5.31. The number of nitrogens with zero attached hydrogens (tertiary/aromatic N) is 1. The van der Waals surface area contributed by atoms with E-state index in [-0.39, 0.29) is 0 Å². The van der Waals surface area contributed by atoms with Gasteiger partial charge in [-0.05, 0) is 36.4 Å². The van der Waals surface area contributed by atoms with Gasteiger partial charge in [0.2, 0.25) is 5.91 Å². The lowest BCUT2D eigenvalue weighted by atomic mass is 10.2. The van der Waals surface area contributed by atoms with Crippen molar-refractivity contribution in [3.63, 3.8) is 0 Å². The lowest BCUT2D eigenvalue weighted by molar-refractivity contribution is 0.100. The van der Waals surface area contributed by atoms with E-state index in [0.717, 1.165) is 5.69 Å². The molecule has 0 aliphatic carbocycles. The van der Waals surface area contributed by atoms with E-state index in [9.17, 15) is 4.79 Å². The maximum Gasteiger partial charge on any atom is 0.248 e. The number of primary amides is 1. The summed E-state index contributed by atoms with van der Waals surface area (Å²) in [4.78, 5) is 15.0. The first-order chi connectivity index (χ1) is 8.15. The van der Waals surface area contributed by atoms with Crippen LogP contribution in [0.4, 0.5) is 11.5 Å². The fourth-order valence-corrected chi connectivity index (χ4v) is 1.43. The van der Waals surface area contributed by atoms with Crippen LogP contribution in [-0.4, -0.2) is 10.9 Å². The summed E-state index contributed by atoms with van der Waals surface area (Å²) in [5.74, 6) is 0.238. The maximum absolute atomic E-state index is 10.9. The van der Waals surface area contributed by atoms with Crippen molar-refractivity contribution < 1.29 is 4.79 Å². The fraction of sp³-hybridized carbons (Fsp3) is 0. The molecule has 0 aliphatic rings. The van der Waals surface area contributed by atoms with Crippen LogP contribution in [0.1, 0.15) is 10.4 Å². The zero-order valence-corrected chi connectivity index (χ0v) is 9.61. The van der Waals surface area contributed by atoms with Crippen molar-refractivity contribution in [3.8, 4) is 0 Å². The Balaban J connectivity index is 2.13. The second-order valence-corrected chi connectivity index (χ2v) is 3.86. The van der Waals surface area contributed by atoms with Gasteiger partial charge in [-0.1, -0.05) is 11.6 Å². The van der Waals surface area contributed by atoms with E-state index in [2.05, 4.69) is 10.3 Å². The van der Waals surface area contributed by atoms with Gasteiger partial charge in [0.15, 0.2) is 0 Å². The summed E-state index contributed by atoms with van der Waals surface area (Å²) in [6.07, 6.45) is 1.56. The summed E-state index contributed by atoms with van der Waals surface area (Å²) in [5.41, 5.74) is 6.44. The van der Waals surface area contributed by atoms with E-state index >= 15 is 0 Å². The van der Waals surface area contributed by atoms with Gasteiger partial charge in [0.1, 0.15) is 5.82 Å². The number of nitrogens with one attached hydrogen (secondary N) is 1. The van der Waals surface area contributed by atoms with Crippen LogP contribution >= 0.6 is 11.6 Å². The first-order valence-electron chi connectivity index (χ1n) is 4.93. The molecule has 17 heavy (non-hydrogen) atoms. The Kier molecular flexibility index (Phi) is 3.25. The summed E-state index contributed by atoms with van der Waals surface area (Å²) >= 11 is 5.73. The van der Waals surface area contributed by atoms with Crippen molar-refractivity contribution in [1.82, 2.24) is 4.98 Å². The SMILES string of the molecule is NC(=O)c1ccc(Nc2ccc(Cl)cn2)cc1. The van der Waals surface area contributed by atoms with Gasteiger partial charge in [-0.2, -0.15) is 0 Å². The molecule has 1 aromatic carbocycles. The molecule has 3 N–H and O–H groups in total. The molecular formula is C12H10ClN3O. The summed E-state index contributed by atoms with van der Waals surface area (Å²) in [6.45, 7) is 0. The van der Waals surface area contributed by atoms with Crippen molar-refractivity contribution in [2.75, 3.05) is 5.32 Å². The molecule has 0 saturated heterocycles. The third-order valence-corrected chi connectivity index (χ3v) is 2.39. The van der Waals surface area contributed by atoms with Gasteiger partial charge in [-0.3, -0.25) is 4.79 Å². The average Bonchev–Trinajstić information content (AvgIpc) is 2.33. The number of rotatable bonds is 3. The van der Waals surface area contributed by atoms with E-state index in [1.54, 1.807) is 42.6 Å². The summed E-state index contributed by atoms with van der Waals surface area (Å²) in [6, 6.07) is 10.3. The van der Waals surface area contributed by atoms with Gasteiger partial charge >= 0.3 is 0 Å². The molecule has 0 unspecified atom stereocenters. The molecule has 0 spiro atoms. The Morgan fingerprint density at radius 3 is 2.41 bits per heavy atom. The van der Waals surface area contributed by atoms with Crippen molar-refractivity contribution >= 4 is 29.0 Å². The number of benzene rings is 1. The molecule has 0 atom stereocenters. The third-order valence-electron chi connectivity index (χ3n) is 2.17. The molecule has 86 valence electrons. The molecule has 4 nitrogen and oxygen atoms in total. The van der Waals surface area contributed by atoms with E-state index in [0.29, 0.717) is 16.4 Å². The summed E-state index contributed by atoms with van der Waals surface area (Å²) in [7, 11) is 0.